The Kier molecular flexibility index (Phi) is 3.33. The summed E-state index contributed by atoms with van der Waals surface area (Å²) in [6, 6.07) is -0.490. The van der Waals surface area contributed by atoms with Crippen LogP contribution in [0.5, 0.6) is 0 Å². The highest BCUT2D eigenvalue weighted by Gasteiger charge is 2.34. The molecule has 1 fully saturated rings. The summed E-state index contributed by atoms with van der Waals surface area (Å²) in [5, 5.41) is 2.38. The van der Waals surface area contributed by atoms with Gasteiger partial charge in [-0.2, -0.15) is 0 Å². The molecule has 1 unspecified atom stereocenters. The highest BCUT2D eigenvalue weighted by Crippen LogP contribution is 2.28. The minimum atomic E-state index is -0.490. The number of rotatable bonds is 2. The van der Waals surface area contributed by atoms with E-state index in [-0.39, 0.29) is 29.2 Å². The molecule has 1 aromatic heterocycles. The van der Waals surface area contributed by atoms with Gasteiger partial charge in [0.25, 0.3) is 0 Å². The van der Waals surface area contributed by atoms with Crippen LogP contribution in [0.4, 0.5) is 11.5 Å². The first-order chi connectivity index (χ1) is 8.54. The summed E-state index contributed by atoms with van der Waals surface area (Å²) in [7, 11) is 0. The van der Waals surface area contributed by atoms with Crippen molar-refractivity contribution in [3.8, 4) is 0 Å². The lowest BCUT2D eigenvalue weighted by atomic mass is 10.1. The number of carbonyl (C=O) groups is 2. The standard InChI is InChI=1S/C10H12ClN5O2/c1-2-5-10(18)15-6(17)3-16(5)9-7(12)8(11)13-4-14-9/h4-5H,2-3,12H2,1H3,(H,15,17,18). The van der Waals surface area contributed by atoms with Crippen LogP contribution in [0.2, 0.25) is 5.15 Å². The third kappa shape index (κ3) is 2.08. The van der Waals surface area contributed by atoms with Crippen LogP contribution >= 0.6 is 11.6 Å². The van der Waals surface area contributed by atoms with Crippen LogP contribution in [0.1, 0.15) is 13.3 Å². The van der Waals surface area contributed by atoms with Gasteiger partial charge in [0.05, 0.1) is 6.54 Å². The summed E-state index contributed by atoms with van der Waals surface area (Å²) in [4.78, 5) is 32.4. The van der Waals surface area contributed by atoms with E-state index in [1.165, 1.54) is 6.33 Å². The normalized spacial score (nSPS) is 19.9. The molecule has 0 spiro atoms. The molecule has 96 valence electrons. The number of hydrogen-bond donors (Lipinski definition) is 2. The van der Waals surface area contributed by atoms with Crippen LogP contribution in [0, 0.1) is 0 Å². The van der Waals surface area contributed by atoms with Crippen molar-refractivity contribution in [2.75, 3.05) is 17.2 Å². The Balaban J connectivity index is 2.43. The number of nitrogens with one attached hydrogen (secondary N) is 1. The van der Waals surface area contributed by atoms with E-state index in [9.17, 15) is 9.59 Å². The third-order valence-electron chi connectivity index (χ3n) is 2.73. The first-order valence-electron chi connectivity index (χ1n) is 5.41. The number of amides is 2. The van der Waals surface area contributed by atoms with Crippen LogP contribution in [-0.4, -0.2) is 34.4 Å². The lowest BCUT2D eigenvalue weighted by Gasteiger charge is -2.34. The molecular weight excluding hydrogens is 258 g/mol. The van der Waals surface area contributed by atoms with Gasteiger partial charge in [-0.05, 0) is 6.42 Å². The van der Waals surface area contributed by atoms with Gasteiger partial charge < -0.3 is 10.6 Å². The molecule has 2 heterocycles. The fourth-order valence-electron chi connectivity index (χ4n) is 1.89. The quantitative estimate of drug-likeness (QED) is 0.577. The fraction of sp³-hybridized carbons (Fsp3) is 0.400. The average Bonchev–Trinajstić information content (AvgIpc) is 2.32. The molecule has 1 atom stereocenters. The zero-order valence-corrected chi connectivity index (χ0v) is 10.4. The van der Waals surface area contributed by atoms with E-state index in [1.807, 2.05) is 6.92 Å². The van der Waals surface area contributed by atoms with Crippen molar-refractivity contribution in [1.82, 2.24) is 15.3 Å². The molecule has 18 heavy (non-hydrogen) atoms. The topological polar surface area (TPSA) is 101 Å². The second-order valence-electron chi connectivity index (χ2n) is 3.87. The molecule has 3 N–H and O–H groups in total. The molecular formula is C10H12ClN5O2. The molecule has 1 aliphatic heterocycles. The Morgan fingerprint density at radius 3 is 2.94 bits per heavy atom. The maximum atomic E-state index is 11.7. The predicted octanol–water partition coefficient (Wildman–Crippen LogP) is -0.0464. The third-order valence-corrected chi connectivity index (χ3v) is 3.03. The molecule has 2 amide bonds. The molecule has 8 heteroatoms. The van der Waals surface area contributed by atoms with E-state index in [2.05, 4.69) is 15.3 Å². The van der Waals surface area contributed by atoms with E-state index < -0.39 is 6.04 Å². The van der Waals surface area contributed by atoms with Crippen LogP contribution < -0.4 is 16.0 Å². The summed E-state index contributed by atoms with van der Waals surface area (Å²) in [6.07, 6.45) is 1.78. The number of anilines is 2. The van der Waals surface area contributed by atoms with Crippen molar-refractivity contribution in [2.24, 2.45) is 0 Å². The smallest absolute Gasteiger partial charge is 0.249 e. The Labute approximate surface area is 108 Å². The van der Waals surface area contributed by atoms with E-state index >= 15 is 0 Å². The van der Waals surface area contributed by atoms with E-state index in [0.717, 1.165) is 0 Å². The molecule has 7 nitrogen and oxygen atoms in total. The molecule has 1 aliphatic rings. The molecule has 0 bridgehead atoms. The van der Waals surface area contributed by atoms with Gasteiger partial charge in [-0.25, -0.2) is 9.97 Å². The number of nitrogens with two attached hydrogens (primary N) is 1. The van der Waals surface area contributed by atoms with Gasteiger partial charge in [0, 0.05) is 0 Å². The van der Waals surface area contributed by atoms with Gasteiger partial charge in [0.2, 0.25) is 11.8 Å². The van der Waals surface area contributed by atoms with Crippen LogP contribution in [0.15, 0.2) is 6.33 Å². The minimum absolute atomic E-state index is 0.0157. The van der Waals surface area contributed by atoms with Crippen LogP contribution in [0.3, 0.4) is 0 Å². The molecule has 0 aliphatic carbocycles. The largest absolute Gasteiger partial charge is 0.393 e. The predicted molar refractivity (Wildman–Crippen MR) is 66.0 cm³/mol. The lowest BCUT2D eigenvalue weighted by molar-refractivity contribution is -0.132. The molecule has 0 aromatic carbocycles. The fourth-order valence-corrected chi connectivity index (χ4v) is 2.02. The van der Waals surface area contributed by atoms with Gasteiger partial charge in [0.15, 0.2) is 11.0 Å². The minimum Gasteiger partial charge on any atom is -0.393 e. The molecule has 2 rings (SSSR count). The lowest BCUT2D eigenvalue weighted by Crippen LogP contribution is -2.58. The zero-order chi connectivity index (χ0) is 13.3. The number of nitrogen functional groups attached to an aromatic ring is 1. The number of piperazine rings is 1. The molecule has 0 radical (unpaired) electrons. The highest BCUT2D eigenvalue weighted by atomic mass is 35.5. The number of halogens is 1. The Hall–Kier alpha value is -1.89. The van der Waals surface area contributed by atoms with Crippen molar-refractivity contribution in [1.29, 1.82) is 0 Å². The van der Waals surface area contributed by atoms with E-state index in [1.54, 1.807) is 4.90 Å². The maximum Gasteiger partial charge on any atom is 0.249 e. The number of carbonyl (C=O) groups excluding carboxylic acids is 2. The molecule has 0 saturated carbocycles. The number of hydrogen-bond acceptors (Lipinski definition) is 6. The average molecular weight is 270 g/mol. The van der Waals surface area contributed by atoms with Gasteiger partial charge in [0.1, 0.15) is 18.1 Å². The van der Waals surface area contributed by atoms with Crippen LogP contribution in [-0.2, 0) is 9.59 Å². The van der Waals surface area contributed by atoms with Gasteiger partial charge in [-0.3, -0.25) is 14.9 Å². The van der Waals surface area contributed by atoms with Gasteiger partial charge >= 0.3 is 0 Å². The summed E-state index contributed by atoms with van der Waals surface area (Å²) in [5.41, 5.74) is 5.95. The van der Waals surface area contributed by atoms with Gasteiger partial charge in [-0.15, -0.1) is 0 Å². The van der Waals surface area contributed by atoms with Crippen LogP contribution in [0.25, 0.3) is 0 Å². The zero-order valence-electron chi connectivity index (χ0n) is 9.68. The highest BCUT2D eigenvalue weighted by molar-refractivity contribution is 6.32. The Bertz CT molecular complexity index is 507. The van der Waals surface area contributed by atoms with Crippen molar-refractivity contribution in [3.05, 3.63) is 11.5 Å². The first-order valence-corrected chi connectivity index (χ1v) is 5.78. The number of imide groups is 1. The van der Waals surface area contributed by atoms with Crippen molar-refractivity contribution < 1.29 is 9.59 Å². The van der Waals surface area contributed by atoms with Crippen molar-refractivity contribution in [2.45, 2.75) is 19.4 Å². The summed E-state index contributed by atoms with van der Waals surface area (Å²) < 4.78 is 0. The van der Waals surface area contributed by atoms with Crippen molar-refractivity contribution >= 4 is 34.9 Å². The van der Waals surface area contributed by atoms with Gasteiger partial charge in [-0.1, -0.05) is 18.5 Å². The summed E-state index contributed by atoms with van der Waals surface area (Å²) in [6.45, 7) is 1.85. The first kappa shape index (κ1) is 12.6. The molecule has 1 saturated heterocycles. The SMILES string of the molecule is CCC1C(=O)NC(=O)CN1c1ncnc(Cl)c1N. The maximum absolute atomic E-state index is 11.7. The molecule has 1 aromatic rings. The summed E-state index contributed by atoms with van der Waals surface area (Å²) in [5.74, 6) is -0.438. The monoisotopic (exact) mass is 269 g/mol. The second-order valence-corrected chi connectivity index (χ2v) is 4.22. The Morgan fingerprint density at radius 2 is 2.28 bits per heavy atom. The van der Waals surface area contributed by atoms with E-state index in [4.69, 9.17) is 17.3 Å². The number of nitrogens with zero attached hydrogens (tertiary/aromatic N) is 3. The number of aromatic nitrogens is 2. The summed E-state index contributed by atoms with van der Waals surface area (Å²) >= 11 is 5.81. The van der Waals surface area contributed by atoms with Crippen molar-refractivity contribution in [3.63, 3.8) is 0 Å². The van der Waals surface area contributed by atoms with E-state index in [0.29, 0.717) is 12.2 Å². The second kappa shape index (κ2) is 4.77. The Morgan fingerprint density at radius 1 is 1.56 bits per heavy atom.